The first-order valence-corrected chi connectivity index (χ1v) is 16.8. The fourth-order valence-corrected chi connectivity index (χ4v) is 11.3. The molecule has 1 saturated heterocycles. The summed E-state index contributed by atoms with van der Waals surface area (Å²) in [6.45, 7) is 21.7. The Labute approximate surface area is 323 Å². The molecule has 2 radical (unpaired) electrons. The van der Waals surface area contributed by atoms with E-state index in [4.69, 9.17) is 9.47 Å². The molecular formula is C38H60O3VWY-4. The van der Waals surface area contributed by atoms with Crippen molar-refractivity contribution in [3.05, 3.63) is 31.4 Å². The van der Waals surface area contributed by atoms with Crippen molar-refractivity contribution < 1.29 is 86.6 Å². The van der Waals surface area contributed by atoms with Gasteiger partial charge in [0.15, 0.2) is 6.29 Å². The molecular weight excluding hydrogens is 828 g/mol. The van der Waals surface area contributed by atoms with E-state index < -0.39 is 0 Å². The number of fused-ring (bicyclic) bond motifs is 7. The van der Waals surface area contributed by atoms with Gasteiger partial charge in [0.25, 0.3) is 0 Å². The monoisotopic (exact) mass is 888 g/mol. The molecule has 13 atom stereocenters. The molecule has 3 nitrogen and oxygen atoms in total. The maximum atomic E-state index is 12.5. The van der Waals surface area contributed by atoms with Crippen LogP contribution in [0, 0.1) is 82.9 Å². The Morgan fingerprint density at radius 2 is 1.61 bits per heavy atom. The Hall–Kier alpha value is 1.71. The molecule has 1 aliphatic heterocycles. The summed E-state index contributed by atoms with van der Waals surface area (Å²) in [4.78, 5) is 12.5. The largest absolute Gasteiger partial charge is 0.544 e. The van der Waals surface area contributed by atoms with Crippen LogP contribution in [0.5, 0.6) is 0 Å². The average Bonchev–Trinajstić information content (AvgIpc) is 2.91. The summed E-state index contributed by atoms with van der Waals surface area (Å²) in [7, 11) is 0. The Balaban J connectivity index is 0.00000169. The van der Waals surface area contributed by atoms with E-state index in [0.29, 0.717) is 57.7 Å². The van der Waals surface area contributed by atoms with Gasteiger partial charge in [-0.15, -0.1) is 0 Å². The van der Waals surface area contributed by atoms with Crippen molar-refractivity contribution in [3.63, 3.8) is 0 Å². The van der Waals surface area contributed by atoms with Crippen LogP contribution < -0.4 is 0 Å². The quantitative estimate of drug-likeness (QED) is 0.161. The van der Waals surface area contributed by atoms with Crippen LogP contribution in [0.25, 0.3) is 0 Å². The first-order chi connectivity index (χ1) is 18.8. The van der Waals surface area contributed by atoms with Crippen LogP contribution in [0.3, 0.4) is 0 Å². The van der Waals surface area contributed by atoms with Crippen LogP contribution in [0.2, 0.25) is 0 Å². The summed E-state index contributed by atoms with van der Waals surface area (Å²) in [6.07, 6.45) is 18.5. The zero-order chi connectivity index (χ0) is 28.8. The van der Waals surface area contributed by atoms with Crippen molar-refractivity contribution in [3.8, 4) is 0 Å². The number of allylic oxidation sites excluding steroid dienone is 2. The van der Waals surface area contributed by atoms with E-state index in [1.807, 2.05) is 0 Å². The summed E-state index contributed by atoms with van der Waals surface area (Å²) in [5, 5.41) is 0. The molecule has 0 N–H and O–H groups in total. The van der Waals surface area contributed by atoms with Gasteiger partial charge < -0.3 is 28.1 Å². The van der Waals surface area contributed by atoms with Crippen molar-refractivity contribution >= 4 is 6.29 Å². The Kier molecular flexibility index (Phi) is 14.2. The molecule has 4 saturated carbocycles. The zero-order valence-electron chi connectivity index (χ0n) is 29.4. The van der Waals surface area contributed by atoms with E-state index in [1.165, 1.54) is 25.7 Å². The number of ether oxygens (including phenoxy) is 2. The smallest absolute Gasteiger partial charge is 0.157 e. The second kappa shape index (κ2) is 14.9. The van der Waals surface area contributed by atoms with Gasteiger partial charge in [0.05, 0.1) is 6.10 Å². The molecule has 0 aromatic rings. The number of rotatable bonds is 3. The fourth-order valence-electron chi connectivity index (χ4n) is 11.3. The molecule has 5 fully saturated rings. The van der Waals surface area contributed by atoms with Gasteiger partial charge in [0.2, 0.25) is 0 Å². The van der Waals surface area contributed by atoms with Gasteiger partial charge in [-0.2, -0.15) is 19.3 Å². The first kappa shape index (κ1) is 41.9. The van der Waals surface area contributed by atoms with E-state index >= 15 is 0 Å². The third-order valence-corrected chi connectivity index (χ3v) is 14.5. The minimum atomic E-state index is -0.340. The van der Waals surface area contributed by atoms with Gasteiger partial charge in [0, 0.05) is 78.2 Å². The van der Waals surface area contributed by atoms with Gasteiger partial charge in [-0.3, -0.25) is 17.6 Å². The Morgan fingerprint density at radius 1 is 0.955 bits per heavy atom. The summed E-state index contributed by atoms with van der Waals surface area (Å²) in [6, 6.07) is 0. The van der Waals surface area contributed by atoms with Gasteiger partial charge in [-0.05, 0) is 67.1 Å². The van der Waals surface area contributed by atoms with Crippen molar-refractivity contribution in [2.45, 2.75) is 139 Å². The molecule has 1 heterocycles. The van der Waals surface area contributed by atoms with E-state index in [1.54, 1.807) is 11.5 Å². The molecule has 5 aliphatic carbocycles. The third-order valence-electron chi connectivity index (χ3n) is 14.5. The van der Waals surface area contributed by atoms with E-state index in [9.17, 15) is 4.79 Å². The number of hydrogen-bond donors (Lipinski definition) is 0. The SMILES string of the molecule is C[C-]1[C@@H](O[C@@H]2OC(C)[C@@H](C)[C@H](C)C2C)CCC2(C)C3CC=C4C5CC(C)(C)CC[C@]5([C-]=O)[CH-]C[C@H]4[C@@]3(C)CC[C@@H]12.[CH3-].[V].[W].[Y]. The normalized spacial score (nSPS) is 49.3. The summed E-state index contributed by atoms with van der Waals surface area (Å²) >= 11 is 0. The molecule has 0 aromatic carbocycles. The standard InChI is InChI=1S/C37H57O3.CH3.V.W.Y/c1-22-23(2)26(5)39-33(24(22)3)40-31-14-16-35(8)28(25(31)4)12-15-36(9)29-13-17-37(21-38)19-18-34(6,7)20-30(37)27(29)10-11-32(35)36;;;;/h10,17,22-24,26,28-33H,11-16,18-20H2,1-9H3;1H3;;;/q-3;-1;;;/t22-,23-,24?,26?,28-,29+,30?,31-,32?,33-,35?,36+,37-;;;;/m0..../s1. The maximum absolute atomic E-state index is 12.5. The predicted molar refractivity (Wildman–Crippen MR) is 168 cm³/mol. The van der Waals surface area contributed by atoms with Gasteiger partial charge in [-0.25, -0.2) is 0 Å². The molecule has 0 bridgehead atoms. The molecule has 6 heteroatoms. The molecule has 44 heavy (non-hydrogen) atoms. The molecule has 0 aromatic heterocycles. The van der Waals surface area contributed by atoms with Gasteiger partial charge in [-0.1, -0.05) is 103 Å². The molecule has 6 aliphatic rings. The fraction of sp³-hybridized carbons (Fsp3) is 0.842. The van der Waals surface area contributed by atoms with Crippen molar-refractivity contribution in [2.75, 3.05) is 0 Å². The molecule has 6 rings (SSSR count). The number of carbonyl (C=O) groups excluding carboxylic acids is 1. The Bertz CT molecular complexity index is 1040. The van der Waals surface area contributed by atoms with Crippen molar-refractivity contribution in [1.29, 1.82) is 0 Å². The van der Waals surface area contributed by atoms with E-state index in [0.717, 1.165) is 32.1 Å². The van der Waals surface area contributed by atoms with Crippen molar-refractivity contribution in [2.24, 2.45) is 63.1 Å². The topological polar surface area (TPSA) is 35.5 Å². The molecule has 5 unspecified atom stereocenters. The molecule has 0 amide bonds. The zero-order valence-corrected chi connectivity index (χ0v) is 36.6. The van der Waals surface area contributed by atoms with Gasteiger partial charge >= 0.3 is 0 Å². The maximum Gasteiger partial charge on any atom is 0.157 e. The van der Waals surface area contributed by atoms with Crippen LogP contribution in [0.1, 0.15) is 120 Å². The minimum Gasteiger partial charge on any atom is -0.544 e. The van der Waals surface area contributed by atoms with Crippen molar-refractivity contribution in [1.82, 2.24) is 0 Å². The predicted octanol–water partition coefficient (Wildman–Crippen LogP) is 9.37. The van der Waals surface area contributed by atoms with Crippen LogP contribution in [0.4, 0.5) is 0 Å². The van der Waals surface area contributed by atoms with E-state index in [2.05, 4.69) is 81.1 Å². The minimum absolute atomic E-state index is 0. The first-order valence-electron chi connectivity index (χ1n) is 16.8. The van der Waals surface area contributed by atoms with E-state index in [-0.39, 0.29) is 104 Å². The average molecular weight is 889 g/mol. The summed E-state index contributed by atoms with van der Waals surface area (Å²) in [5.41, 5.74) is 2.22. The second-order valence-electron chi connectivity index (χ2n) is 16.8. The second-order valence-corrected chi connectivity index (χ2v) is 16.8. The van der Waals surface area contributed by atoms with Crippen LogP contribution >= 0.6 is 0 Å². The molecule has 0 spiro atoms. The number of hydrogen-bond acceptors (Lipinski definition) is 3. The third kappa shape index (κ3) is 6.62. The summed E-state index contributed by atoms with van der Waals surface area (Å²) in [5.74, 6) is 5.44. The van der Waals surface area contributed by atoms with Crippen LogP contribution in [-0.4, -0.2) is 24.8 Å². The molecule has 248 valence electrons. The van der Waals surface area contributed by atoms with Crippen LogP contribution in [0.15, 0.2) is 11.6 Å². The summed E-state index contributed by atoms with van der Waals surface area (Å²) < 4.78 is 13.3. The van der Waals surface area contributed by atoms with Gasteiger partial charge in [0.1, 0.15) is 0 Å². The Morgan fingerprint density at radius 3 is 2.27 bits per heavy atom. The van der Waals surface area contributed by atoms with Crippen LogP contribution in [-0.2, 0) is 86.6 Å².